The normalized spacial score (nSPS) is 19.5. The molecule has 124 valence electrons. The number of nitrogens with zero attached hydrogens (tertiary/aromatic N) is 1. The molecule has 2 aliphatic rings. The smallest absolute Gasteiger partial charge is 0.312 e. The van der Waals surface area contributed by atoms with E-state index in [0.717, 1.165) is 28.8 Å². The van der Waals surface area contributed by atoms with E-state index in [0.29, 0.717) is 6.54 Å². The minimum atomic E-state index is -0.870. The molecular weight excluding hydrogens is 322 g/mol. The molecular formula is C19H19NO3S. The molecule has 0 spiro atoms. The summed E-state index contributed by atoms with van der Waals surface area (Å²) in [7, 11) is 0. The van der Waals surface area contributed by atoms with Crippen LogP contribution in [0, 0.1) is 0 Å². The molecule has 1 atom stereocenters. The average molecular weight is 341 g/mol. The van der Waals surface area contributed by atoms with Gasteiger partial charge in [-0.1, -0.05) is 24.3 Å². The van der Waals surface area contributed by atoms with Crippen molar-refractivity contribution in [2.24, 2.45) is 0 Å². The lowest BCUT2D eigenvalue weighted by Crippen LogP contribution is -2.40. The van der Waals surface area contributed by atoms with Gasteiger partial charge in [-0.2, -0.15) is 0 Å². The Morgan fingerprint density at radius 2 is 1.92 bits per heavy atom. The summed E-state index contributed by atoms with van der Waals surface area (Å²) < 4.78 is 0. The van der Waals surface area contributed by atoms with Crippen molar-refractivity contribution >= 4 is 23.2 Å². The number of rotatable bonds is 2. The van der Waals surface area contributed by atoms with Crippen LogP contribution in [0.5, 0.6) is 0 Å². The van der Waals surface area contributed by atoms with Gasteiger partial charge in [0.1, 0.15) is 0 Å². The minimum absolute atomic E-state index is 0.0323. The summed E-state index contributed by atoms with van der Waals surface area (Å²) in [6.45, 7) is 0.731. The fraction of sp³-hybridized carbons (Fsp3) is 0.368. The van der Waals surface area contributed by atoms with E-state index in [9.17, 15) is 14.7 Å². The van der Waals surface area contributed by atoms with Gasteiger partial charge >= 0.3 is 5.97 Å². The third-order valence-corrected chi connectivity index (χ3v) is 6.21. The van der Waals surface area contributed by atoms with Crippen LogP contribution in [0.2, 0.25) is 0 Å². The van der Waals surface area contributed by atoms with Gasteiger partial charge in [0.05, 0.1) is 10.8 Å². The first-order valence-corrected chi connectivity index (χ1v) is 9.16. The Bertz CT molecular complexity index is 787. The van der Waals surface area contributed by atoms with Crippen molar-refractivity contribution in [3.05, 3.63) is 56.8 Å². The van der Waals surface area contributed by atoms with Crippen LogP contribution in [0.3, 0.4) is 0 Å². The Kier molecular flexibility index (Phi) is 3.88. The lowest BCUT2D eigenvalue weighted by molar-refractivity contribution is -0.139. The summed E-state index contributed by atoms with van der Waals surface area (Å²) in [5.74, 6) is -1.55. The molecule has 1 aliphatic carbocycles. The lowest BCUT2D eigenvalue weighted by Gasteiger charge is -2.32. The second kappa shape index (κ2) is 6.06. The molecule has 4 rings (SSSR count). The van der Waals surface area contributed by atoms with E-state index in [4.69, 9.17) is 0 Å². The number of hydrogen-bond acceptors (Lipinski definition) is 3. The maximum atomic E-state index is 12.9. The first-order chi connectivity index (χ1) is 11.6. The molecule has 1 aromatic carbocycles. The van der Waals surface area contributed by atoms with E-state index >= 15 is 0 Å². The van der Waals surface area contributed by atoms with Gasteiger partial charge in [0.25, 0.3) is 5.91 Å². The van der Waals surface area contributed by atoms with Crippen molar-refractivity contribution in [3.63, 3.8) is 0 Å². The number of benzene rings is 1. The highest BCUT2D eigenvalue weighted by Gasteiger charge is 2.33. The van der Waals surface area contributed by atoms with Crippen LogP contribution in [-0.4, -0.2) is 28.4 Å². The van der Waals surface area contributed by atoms with E-state index in [2.05, 4.69) is 0 Å². The molecule has 0 radical (unpaired) electrons. The topological polar surface area (TPSA) is 57.6 Å². The third kappa shape index (κ3) is 2.63. The number of thiophene rings is 1. The Morgan fingerprint density at radius 1 is 1.12 bits per heavy atom. The van der Waals surface area contributed by atoms with Gasteiger partial charge in [-0.15, -0.1) is 11.3 Å². The lowest BCUT2D eigenvalue weighted by atomic mass is 9.89. The monoisotopic (exact) mass is 341 g/mol. The van der Waals surface area contributed by atoms with Crippen LogP contribution in [-0.2, 0) is 24.2 Å². The molecule has 1 unspecified atom stereocenters. The van der Waals surface area contributed by atoms with Gasteiger partial charge in [0.15, 0.2) is 0 Å². The van der Waals surface area contributed by atoms with Crippen LogP contribution < -0.4 is 0 Å². The maximum Gasteiger partial charge on any atom is 0.312 e. The number of aliphatic carboxylic acids is 1. The fourth-order valence-corrected chi connectivity index (χ4v) is 4.95. The van der Waals surface area contributed by atoms with Gasteiger partial charge in [0, 0.05) is 18.0 Å². The predicted octanol–water partition coefficient (Wildman–Crippen LogP) is 3.45. The summed E-state index contributed by atoms with van der Waals surface area (Å²) in [4.78, 5) is 28.4. The highest BCUT2D eigenvalue weighted by Crippen LogP contribution is 2.33. The van der Waals surface area contributed by atoms with Crippen molar-refractivity contribution in [1.82, 2.24) is 4.90 Å². The Labute approximate surface area is 144 Å². The van der Waals surface area contributed by atoms with E-state index < -0.39 is 11.9 Å². The molecule has 2 heterocycles. The fourth-order valence-electron chi connectivity index (χ4n) is 3.72. The first-order valence-electron chi connectivity index (χ1n) is 8.35. The Morgan fingerprint density at radius 3 is 2.71 bits per heavy atom. The van der Waals surface area contributed by atoms with Crippen molar-refractivity contribution in [2.45, 2.75) is 38.1 Å². The second-order valence-corrected chi connectivity index (χ2v) is 7.68. The van der Waals surface area contributed by atoms with Crippen LogP contribution in [0.15, 0.2) is 30.3 Å². The summed E-state index contributed by atoms with van der Waals surface area (Å²) in [6.07, 6.45) is 4.50. The Balaban J connectivity index is 1.63. The second-order valence-electron chi connectivity index (χ2n) is 6.54. The highest BCUT2D eigenvalue weighted by molar-refractivity contribution is 7.14. The molecule has 0 fully saturated rings. The number of amides is 1. The number of carbonyl (C=O) groups is 2. The quantitative estimate of drug-likeness (QED) is 0.910. The van der Waals surface area contributed by atoms with E-state index in [-0.39, 0.29) is 12.5 Å². The molecule has 1 amide bonds. The van der Waals surface area contributed by atoms with Crippen LogP contribution in [0.1, 0.15) is 50.0 Å². The van der Waals surface area contributed by atoms with Crippen LogP contribution in [0.4, 0.5) is 0 Å². The number of carbonyl (C=O) groups excluding carboxylic acids is 1. The largest absolute Gasteiger partial charge is 0.481 e. The van der Waals surface area contributed by atoms with Crippen molar-refractivity contribution in [1.29, 1.82) is 0 Å². The van der Waals surface area contributed by atoms with E-state index in [1.165, 1.54) is 23.3 Å². The van der Waals surface area contributed by atoms with Gasteiger partial charge in [-0.3, -0.25) is 9.59 Å². The molecule has 2 aromatic rings. The van der Waals surface area contributed by atoms with Crippen LogP contribution in [0.25, 0.3) is 0 Å². The molecule has 1 aliphatic heterocycles. The summed E-state index contributed by atoms with van der Waals surface area (Å²) in [5, 5.41) is 9.55. The standard InChI is InChI=1S/C19H19NO3S/c21-18(17-9-12-5-2-4-8-16(12)24-17)20-10-13-6-1-3-7-14(13)15(11-20)19(22)23/h1,3,6-7,9,15H,2,4-5,8,10-11H2,(H,22,23). The number of carboxylic acid groups (broad SMARTS) is 1. The highest BCUT2D eigenvalue weighted by atomic mass is 32.1. The van der Waals surface area contributed by atoms with Gasteiger partial charge in [0.2, 0.25) is 0 Å². The summed E-state index contributed by atoms with van der Waals surface area (Å²) in [6, 6.07) is 9.57. The first kappa shape index (κ1) is 15.4. The molecule has 4 nitrogen and oxygen atoms in total. The Hall–Kier alpha value is -2.14. The van der Waals surface area contributed by atoms with Gasteiger partial charge in [-0.25, -0.2) is 0 Å². The SMILES string of the molecule is O=C(O)C1CN(C(=O)c2cc3c(s2)CCCC3)Cc2ccccc21. The molecule has 0 saturated heterocycles. The molecule has 5 heteroatoms. The predicted molar refractivity (Wildman–Crippen MR) is 92.5 cm³/mol. The number of fused-ring (bicyclic) bond motifs is 2. The summed E-state index contributed by atoms with van der Waals surface area (Å²) in [5.41, 5.74) is 3.08. The maximum absolute atomic E-state index is 12.9. The minimum Gasteiger partial charge on any atom is -0.481 e. The molecule has 0 bridgehead atoms. The number of aryl methyl sites for hydroxylation is 2. The molecule has 1 aromatic heterocycles. The zero-order valence-corrected chi connectivity index (χ0v) is 14.1. The van der Waals surface area contributed by atoms with Crippen molar-refractivity contribution < 1.29 is 14.7 Å². The summed E-state index contributed by atoms with van der Waals surface area (Å²) >= 11 is 1.59. The number of carboxylic acids is 1. The van der Waals surface area contributed by atoms with E-state index in [1.54, 1.807) is 16.2 Å². The average Bonchev–Trinajstić information content (AvgIpc) is 3.04. The van der Waals surface area contributed by atoms with Crippen LogP contribution >= 0.6 is 11.3 Å². The van der Waals surface area contributed by atoms with Crippen molar-refractivity contribution in [2.75, 3.05) is 6.54 Å². The third-order valence-electron chi connectivity index (χ3n) is 4.99. The van der Waals surface area contributed by atoms with Crippen molar-refractivity contribution in [3.8, 4) is 0 Å². The van der Waals surface area contributed by atoms with E-state index in [1.807, 2.05) is 30.3 Å². The van der Waals surface area contributed by atoms with Gasteiger partial charge in [-0.05, 0) is 48.4 Å². The molecule has 1 N–H and O–H groups in total. The molecule has 0 saturated carbocycles. The zero-order valence-electron chi connectivity index (χ0n) is 13.3. The molecule has 24 heavy (non-hydrogen) atoms. The van der Waals surface area contributed by atoms with Gasteiger partial charge < -0.3 is 10.0 Å². The zero-order chi connectivity index (χ0) is 16.7. The number of hydrogen-bond donors (Lipinski definition) is 1.